The van der Waals surface area contributed by atoms with Crippen LogP contribution in [0.3, 0.4) is 0 Å². The van der Waals surface area contributed by atoms with Crippen molar-refractivity contribution in [2.24, 2.45) is 0 Å². The highest BCUT2D eigenvalue weighted by Crippen LogP contribution is 2.44. The second kappa shape index (κ2) is 9.07. The Morgan fingerprint density at radius 2 is 2.03 bits per heavy atom. The number of aryl methyl sites for hydroxylation is 1. The number of aliphatic hydroxyl groups excluding tert-OH is 1. The zero-order valence-electron chi connectivity index (χ0n) is 19.6. The summed E-state index contributed by atoms with van der Waals surface area (Å²) in [5, 5.41) is 11.9. The van der Waals surface area contributed by atoms with Crippen LogP contribution in [0.4, 0.5) is 5.13 Å². The standard InChI is InChI=1S/C26H21ClN2O6S/c1-12-9-16-10-15(7-8-18(16)35-12)21(30)19-20(14-5-4-6-17(27)11-14)29(24(32)22(19)31)26-28-13(2)23(36-26)25(33)34-3/h4-8,10-12,20,30H,9H2,1-3H3/b21-19+/t12-,20-/m1/s1. The van der Waals surface area contributed by atoms with Crippen molar-refractivity contribution in [2.45, 2.75) is 32.4 Å². The number of benzene rings is 2. The summed E-state index contributed by atoms with van der Waals surface area (Å²) in [4.78, 5) is 44.7. The van der Waals surface area contributed by atoms with Crippen LogP contribution in [-0.2, 0) is 20.7 Å². The van der Waals surface area contributed by atoms with E-state index in [2.05, 4.69) is 4.98 Å². The second-order valence-corrected chi connectivity index (χ2v) is 10.00. The first kappa shape index (κ1) is 24.0. The van der Waals surface area contributed by atoms with Gasteiger partial charge in [-0.25, -0.2) is 9.78 Å². The molecule has 8 nitrogen and oxygen atoms in total. The third-order valence-corrected chi connectivity index (χ3v) is 7.51. The van der Waals surface area contributed by atoms with Crippen LogP contribution in [0.5, 0.6) is 5.75 Å². The first-order valence-electron chi connectivity index (χ1n) is 11.1. The van der Waals surface area contributed by atoms with Crippen LogP contribution >= 0.6 is 22.9 Å². The Kier molecular flexibility index (Phi) is 6.05. The predicted molar refractivity (Wildman–Crippen MR) is 135 cm³/mol. The summed E-state index contributed by atoms with van der Waals surface area (Å²) in [6, 6.07) is 10.8. The molecule has 0 saturated carbocycles. The van der Waals surface area contributed by atoms with Crippen molar-refractivity contribution in [1.82, 2.24) is 4.98 Å². The lowest BCUT2D eigenvalue weighted by molar-refractivity contribution is -0.132. The van der Waals surface area contributed by atoms with E-state index in [0.717, 1.165) is 22.6 Å². The van der Waals surface area contributed by atoms with Crippen molar-refractivity contribution in [1.29, 1.82) is 0 Å². The molecule has 10 heteroatoms. The van der Waals surface area contributed by atoms with Crippen LogP contribution in [0, 0.1) is 6.92 Å². The van der Waals surface area contributed by atoms with E-state index in [1.54, 1.807) is 49.4 Å². The molecule has 2 atom stereocenters. The minimum absolute atomic E-state index is 0.00610. The Morgan fingerprint density at radius 3 is 2.75 bits per heavy atom. The summed E-state index contributed by atoms with van der Waals surface area (Å²) < 4.78 is 10.6. The van der Waals surface area contributed by atoms with E-state index in [4.69, 9.17) is 21.1 Å². The summed E-state index contributed by atoms with van der Waals surface area (Å²) in [5.41, 5.74) is 2.07. The number of fused-ring (bicyclic) bond motifs is 1. The first-order valence-corrected chi connectivity index (χ1v) is 12.3. The van der Waals surface area contributed by atoms with Gasteiger partial charge in [0, 0.05) is 17.0 Å². The van der Waals surface area contributed by atoms with Gasteiger partial charge in [0.15, 0.2) is 5.13 Å². The number of aromatic nitrogens is 1. The van der Waals surface area contributed by atoms with E-state index < -0.39 is 23.7 Å². The smallest absolute Gasteiger partial charge is 0.350 e. The number of nitrogens with zero attached hydrogens (tertiary/aromatic N) is 2. The van der Waals surface area contributed by atoms with Gasteiger partial charge in [-0.1, -0.05) is 35.1 Å². The van der Waals surface area contributed by atoms with E-state index in [1.165, 1.54) is 12.0 Å². The molecule has 1 aromatic heterocycles. The molecular weight excluding hydrogens is 504 g/mol. The minimum Gasteiger partial charge on any atom is -0.507 e. The Hall–Kier alpha value is -3.69. The van der Waals surface area contributed by atoms with Crippen molar-refractivity contribution in [3.8, 4) is 5.75 Å². The maximum atomic E-state index is 13.4. The molecule has 0 aliphatic carbocycles. The van der Waals surface area contributed by atoms with Crippen LogP contribution < -0.4 is 9.64 Å². The summed E-state index contributed by atoms with van der Waals surface area (Å²) in [6.07, 6.45) is 0.670. The normalized spacial score (nSPS) is 20.4. The van der Waals surface area contributed by atoms with E-state index in [9.17, 15) is 19.5 Å². The number of anilines is 1. The quantitative estimate of drug-likeness (QED) is 0.225. The van der Waals surface area contributed by atoms with Gasteiger partial charge in [0.05, 0.1) is 24.4 Å². The largest absolute Gasteiger partial charge is 0.507 e. The van der Waals surface area contributed by atoms with Crippen LogP contribution in [0.1, 0.15) is 45.0 Å². The molecule has 0 bridgehead atoms. The van der Waals surface area contributed by atoms with E-state index in [1.807, 2.05) is 6.92 Å². The Bertz CT molecular complexity index is 1460. The van der Waals surface area contributed by atoms with Crippen LogP contribution in [0.2, 0.25) is 5.02 Å². The van der Waals surface area contributed by atoms with E-state index in [0.29, 0.717) is 28.3 Å². The molecule has 0 unspecified atom stereocenters. The van der Waals surface area contributed by atoms with Gasteiger partial charge in [0.1, 0.15) is 22.5 Å². The van der Waals surface area contributed by atoms with Crippen LogP contribution in [-0.4, -0.2) is 41.0 Å². The SMILES string of the molecule is COC(=O)c1sc(N2C(=O)C(=O)/C(=C(/O)c3ccc4c(c3)C[C@@H](C)O4)[C@H]2c2cccc(Cl)c2)nc1C. The van der Waals surface area contributed by atoms with E-state index >= 15 is 0 Å². The number of hydrogen-bond acceptors (Lipinski definition) is 8. The van der Waals surface area contributed by atoms with Gasteiger partial charge in [-0.3, -0.25) is 14.5 Å². The monoisotopic (exact) mass is 524 g/mol. The number of ketones is 1. The van der Waals surface area contributed by atoms with Crippen LogP contribution in [0.25, 0.3) is 5.76 Å². The fraction of sp³-hybridized carbons (Fsp3) is 0.231. The highest BCUT2D eigenvalue weighted by molar-refractivity contribution is 7.17. The minimum atomic E-state index is -1.01. The third kappa shape index (κ3) is 3.94. The summed E-state index contributed by atoms with van der Waals surface area (Å²) >= 11 is 7.18. The molecule has 3 heterocycles. The molecular formula is C26H21ClN2O6S. The molecule has 1 fully saturated rings. The molecule has 1 saturated heterocycles. The third-order valence-electron chi connectivity index (χ3n) is 6.14. The van der Waals surface area contributed by atoms with Crippen molar-refractivity contribution in [3.63, 3.8) is 0 Å². The molecule has 0 spiro atoms. The fourth-order valence-corrected chi connectivity index (χ4v) is 5.72. The molecule has 5 rings (SSSR count). The number of thiazole rings is 1. The molecule has 3 aromatic rings. The fourth-order valence-electron chi connectivity index (χ4n) is 4.51. The zero-order chi connectivity index (χ0) is 25.7. The molecule has 2 aromatic carbocycles. The average Bonchev–Trinajstić information content (AvgIpc) is 3.50. The second-order valence-electron chi connectivity index (χ2n) is 8.58. The highest BCUT2D eigenvalue weighted by Gasteiger charge is 2.48. The number of carbonyl (C=O) groups is 3. The molecule has 1 N–H and O–H groups in total. The van der Waals surface area contributed by atoms with Crippen molar-refractivity contribution < 1.29 is 29.0 Å². The van der Waals surface area contributed by atoms with Gasteiger partial charge >= 0.3 is 11.9 Å². The number of rotatable bonds is 4. The predicted octanol–water partition coefficient (Wildman–Crippen LogP) is 4.84. The Labute approximate surface area is 215 Å². The molecule has 184 valence electrons. The number of carbonyl (C=O) groups excluding carboxylic acids is 3. The lowest BCUT2D eigenvalue weighted by Gasteiger charge is -2.23. The maximum absolute atomic E-state index is 13.4. The lowest BCUT2D eigenvalue weighted by atomic mass is 9.94. The molecule has 0 radical (unpaired) electrons. The number of aliphatic hydroxyl groups is 1. The lowest BCUT2D eigenvalue weighted by Crippen LogP contribution is -2.29. The van der Waals surface area contributed by atoms with Crippen LogP contribution in [0.15, 0.2) is 48.0 Å². The number of ether oxygens (including phenoxy) is 2. The number of Topliss-reactive ketones (excluding diaryl/α,β-unsaturated/α-hetero) is 1. The maximum Gasteiger partial charge on any atom is 0.350 e. The summed E-state index contributed by atoms with van der Waals surface area (Å²) in [5.74, 6) is -1.93. The molecule has 36 heavy (non-hydrogen) atoms. The van der Waals surface area contributed by atoms with Gasteiger partial charge in [0.25, 0.3) is 5.78 Å². The van der Waals surface area contributed by atoms with Crippen molar-refractivity contribution in [3.05, 3.63) is 80.3 Å². The van der Waals surface area contributed by atoms with Gasteiger partial charge in [-0.2, -0.15) is 0 Å². The molecule has 2 aliphatic heterocycles. The number of hydrogen-bond donors (Lipinski definition) is 1. The zero-order valence-corrected chi connectivity index (χ0v) is 21.1. The average molecular weight is 525 g/mol. The summed E-state index contributed by atoms with van der Waals surface area (Å²) in [7, 11) is 1.25. The molecule has 1 amide bonds. The Morgan fingerprint density at radius 1 is 1.25 bits per heavy atom. The summed E-state index contributed by atoms with van der Waals surface area (Å²) in [6.45, 7) is 3.56. The van der Waals surface area contributed by atoms with Gasteiger partial charge in [0.2, 0.25) is 0 Å². The number of methoxy groups -OCH3 is 1. The number of esters is 1. The highest BCUT2D eigenvalue weighted by atomic mass is 35.5. The van der Waals surface area contributed by atoms with Crippen molar-refractivity contribution in [2.75, 3.05) is 12.0 Å². The first-order chi connectivity index (χ1) is 17.2. The molecule has 2 aliphatic rings. The van der Waals surface area contributed by atoms with E-state index in [-0.39, 0.29) is 27.4 Å². The Balaban J connectivity index is 1.69. The topological polar surface area (TPSA) is 106 Å². The number of amides is 1. The van der Waals surface area contributed by atoms with Gasteiger partial charge in [-0.15, -0.1) is 0 Å². The number of halogens is 1. The van der Waals surface area contributed by atoms with Crippen molar-refractivity contribution >= 4 is 51.5 Å². The van der Waals surface area contributed by atoms with Gasteiger partial charge < -0.3 is 14.6 Å². The van der Waals surface area contributed by atoms with Gasteiger partial charge in [-0.05, 0) is 55.3 Å².